The Balaban J connectivity index is 0.00000153. The number of hydrogen-bond donors (Lipinski definition) is 2. The predicted octanol–water partition coefficient (Wildman–Crippen LogP) is 5.56. The zero-order valence-corrected chi connectivity index (χ0v) is 18.2. The van der Waals surface area contributed by atoms with E-state index in [1.54, 1.807) is 13.0 Å². The fourth-order valence-corrected chi connectivity index (χ4v) is 4.21. The van der Waals surface area contributed by atoms with Crippen molar-refractivity contribution in [2.45, 2.75) is 51.4 Å². The average Bonchev–Trinajstić information content (AvgIpc) is 3.17. The van der Waals surface area contributed by atoms with E-state index in [1.165, 1.54) is 0 Å². The molecular weight excluding hydrogens is 392 g/mol. The van der Waals surface area contributed by atoms with Crippen molar-refractivity contribution in [3.63, 3.8) is 0 Å². The van der Waals surface area contributed by atoms with E-state index in [0.717, 1.165) is 35.0 Å². The number of carbonyl (C=O) groups is 2. The molecule has 3 aromatic rings. The third kappa shape index (κ3) is 3.26. The fourth-order valence-electron chi connectivity index (χ4n) is 4.21. The Morgan fingerprint density at radius 2 is 1.81 bits per heavy atom. The Morgan fingerprint density at radius 1 is 1.06 bits per heavy atom. The molecule has 1 aliphatic carbocycles. The Bertz CT molecular complexity index is 1240. The Morgan fingerprint density at radius 3 is 2.48 bits per heavy atom. The lowest BCUT2D eigenvalue weighted by molar-refractivity contribution is -0.118. The third-order valence-electron chi connectivity index (χ3n) is 6.28. The second-order valence-corrected chi connectivity index (χ2v) is 9.58. The number of aromatic nitrogens is 1. The van der Waals surface area contributed by atoms with Gasteiger partial charge in [-0.05, 0) is 55.7 Å². The fraction of sp³-hybridized carbons (Fsp3) is 0.360. The van der Waals surface area contributed by atoms with Crippen LogP contribution in [0.5, 0.6) is 11.5 Å². The molecule has 2 heterocycles. The number of hydrogen-bond acceptors (Lipinski definition) is 4. The van der Waals surface area contributed by atoms with Crippen LogP contribution in [-0.2, 0) is 15.6 Å². The number of amides is 1. The van der Waals surface area contributed by atoms with Crippen LogP contribution < -0.4 is 14.8 Å². The van der Waals surface area contributed by atoms with Crippen molar-refractivity contribution >= 4 is 28.3 Å². The molecule has 2 N–H and O–H groups in total. The van der Waals surface area contributed by atoms with Gasteiger partial charge in [-0.2, -0.15) is 0 Å². The molecule has 0 atom stereocenters. The quantitative estimate of drug-likeness (QED) is 0.540. The van der Waals surface area contributed by atoms with Crippen molar-refractivity contribution in [1.82, 2.24) is 4.98 Å². The summed E-state index contributed by atoms with van der Waals surface area (Å²) in [4.78, 5) is 29.0. The van der Waals surface area contributed by atoms with Gasteiger partial charge < -0.3 is 19.8 Å². The average molecular weight is 423 g/mol. The normalized spacial score (nSPS) is 16.4. The second-order valence-electron chi connectivity index (χ2n) is 9.58. The molecule has 6 nitrogen and oxygen atoms in total. The summed E-state index contributed by atoms with van der Waals surface area (Å²) in [5.74, 6) is 1.28. The van der Waals surface area contributed by atoms with Gasteiger partial charge in [0.1, 0.15) is 0 Å². The summed E-state index contributed by atoms with van der Waals surface area (Å²) in [6.45, 7) is 8.12. The number of fused-ring (bicyclic) bond motifs is 2. The highest BCUT2D eigenvalue weighted by molar-refractivity contribution is 6.09. The number of ketones is 1. The molecule has 0 spiro atoms. The summed E-state index contributed by atoms with van der Waals surface area (Å²) in [5, 5.41) is 3.99. The van der Waals surface area contributed by atoms with Crippen molar-refractivity contribution in [3.8, 4) is 11.5 Å². The van der Waals surface area contributed by atoms with E-state index in [4.69, 9.17) is 9.47 Å². The zero-order chi connectivity index (χ0) is 22.0. The minimum absolute atomic E-state index is 0. The van der Waals surface area contributed by atoms with Crippen LogP contribution in [0.3, 0.4) is 0 Å². The summed E-state index contributed by atoms with van der Waals surface area (Å²) in [6.07, 6.45) is 1.55. The van der Waals surface area contributed by atoms with Crippen LogP contribution in [0.15, 0.2) is 36.4 Å². The van der Waals surface area contributed by atoms with Crippen LogP contribution in [0.2, 0.25) is 0 Å². The highest BCUT2D eigenvalue weighted by Crippen LogP contribution is 2.51. The molecule has 1 aromatic heterocycles. The van der Waals surface area contributed by atoms with Gasteiger partial charge in [-0.1, -0.05) is 26.8 Å². The van der Waals surface area contributed by atoms with Crippen LogP contribution in [0, 0.1) is 0 Å². The van der Waals surface area contributed by atoms with Crippen molar-refractivity contribution < 1.29 is 21.9 Å². The Hall–Kier alpha value is -3.28. The van der Waals surface area contributed by atoms with Crippen molar-refractivity contribution in [2.24, 2.45) is 0 Å². The first kappa shape index (κ1) is 19.7. The van der Waals surface area contributed by atoms with E-state index < -0.39 is 5.41 Å². The lowest BCUT2D eigenvalue weighted by Crippen LogP contribution is -2.27. The van der Waals surface area contributed by atoms with Gasteiger partial charge >= 0.3 is 0 Å². The maximum atomic E-state index is 13.3. The topological polar surface area (TPSA) is 80.4 Å². The summed E-state index contributed by atoms with van der Waals surface area (Å²) < 4.78 is 10.9. The molecule has 0 bridgehead atoms. The largest absolute Gasteiger partial charge is 0.454 e. The summed E-state index contributed by atoms with van der Waals surface area (Å²) in [6, 6.07) is 11.5. The van der Waals surface area contributed by atoms with Gasteiger partial charge in [0.2, 0.25) is 12.7 Å². The van der Waals surface area contributed by atoms with Gasteiger partial charge in [-0.3, -0.25) is 9.59 Å². The van der Waals surface area contributed by atoms with Gasteiger partial charge in [0.15, 0.2) is 17.3 Å². The molecular formula is C25H30N2O4. The van der Waals surface area contributed by atoms with Crippen molar-refractivity contribution in [1.29, 1.82) is 0 Å². The first-order chi connectivity index (χ1) is 14.7. The lowest BCUT2D eigenvalue weighted by atomic mass is 9.92. The van der Waals surface area contributed by atoms with Crippen LogP contribution >= 0.6 is 0 Å². The SMILES string of the molecule is CC(=O)c1cc(NC(=O)C2(c3ccc4c(c3)OCO4)CC2)cc2cc(C(C)(C)C)[nH]c12.[HH].[HH]. The highest BCUT2D eigenvalue weighted by Gasteiger charge is 2.51. The van der Waals surface area contributed by atoms with Gasteiger partial charge in [-0.25, -0.2) is 0 Å². The number of H-pyrrole nitrogens is 1. The van der Waals surface area contributed by atoms with E-state index >= 15 is 0 Å². The van der Waals surface area contributed by atoms with Gasteiger partial charge in [0.05, 0.1) is 10.9 Å². The lowest BCUT2D eigenvalue weighted by Gasteiger charge is -2.17. The first-order valence-corrected chi connectivity index (χ1v) is 10.6. The number of rotatable bonds is 4. The van der Waals surface area contributed by atoms with Crippen molar-refractivity contribution in [3.05, 3.63) is 53.2 Å². The monoisotopic (exact) mass is 422 g/mol. The first-order valence-electron chi connectivity index (χ1n) is 10.6. The number of carbonyl (C=O) groups excluding carboxylic acids is 2. The van der Waals surface area contributed by atoms with Gasteiger partial charge in [0.25, 0.3) is 0 Å². The van der Waals surface area contributed by atoms with Crippen LogP contribution in [0.4, 0.5) is 5.69 Å². The number of Topliss-reactive ketones (excluding diaryl/α,β-unsaturated/α-hetero) is 1. The van der Waals surface area contributed by atoms with Crippen LogP contribution in [0.1, 0.15) is 65.0 Å². The molecule has 6 heteroatoms. The summed E-state index contributed by atoms with van der Waals surface area (Å²) >= 11 is 0. The molecule has 1 fully saturated rings. The molecule has 31 heavy (non-hydrogen) atoms. The molecule has 1 saturated carbocycles. The number of benzene rings is 2. The molecule has 2 aromatic carbocycles. The molecule has 1 aliphatic heterocycles. The van der Waals surface area contributed by atoms with E-state index in [9.17, 15) is 9.59 Å². The zero-order valence-electron chi connectivity index (χ0n) is 18.2. The van der Waals surface area contributed by atoms with Gasteiger partial charge in [0, 0.05) is 30.6 Å². The summed E-state index contributed by atoms with van der Waals surface area (Å²) in [7, 11) is 0. The number of ether oxygens (including phenoxy) is 2. The molecule has 0 saturated heterocycles. The third-order valence-corrected chi connectivity index (χ3v) is 6.28. The molecule has 0 radical (unpaired) electrons. The van der Waals surface area contributed by atoms with Crippen molar-refractivity contribution in [2.75, 3.05) is 12.1 Å². The maximum absolute atomic E-state index is 13.3. The number of anilines is 1. The highest BCUT2D eigenvalue weighted by atomic mass is 16.7. The predicted molar refractivity (Wildman–Crippen MR) is 123 cm³/mol. The van der Waals surface area contributed by atoms with Gasteiger partial charge in [-0.15, -0.1) is 0 Å². The van der Waals surface area contributed by atoms with E-state index in [2.05, 4.69) is 37.1 Å². The Kier molecular flexibility index (Phi) is 4.19. The van der Waals surface area contributed by atoms with E-state index in [1.807, 2.05) is 24.3 Å². The summed E-state index contributed by atoms with van der Waals surface area (Å²) in [5.41, 5.74) is 3.36. The standard InChI is InChI=1S/C25H26N2O4.2H2/c1-14(28)18-12-17(9-15-10-21(24(2,3)4)27-22(15)18)26-23(29)25(7-8-25)16-5-6-19-20(11-16)31-13-30-19;;/h5-6,9-12,27H,7-8,13H2,1-4H3,(H,26,29);2*1H. The van der Waals surface area contributed by atoms with Crippen LogP contribution in [0.25, 0.3) is 10.9 Å². The van der Waals surface area contributed by atoms with Crippen LogP contribution in [-0.4, -0.2) is 23.5 Å². The minimum Gasteiger partial charge on any atom is -0.454 e. The molecule has 2 aliphatic rings. The Labute approximate surface area is 183 Å². The maximum Gasteiger partial charge on any atom is 0.235 e. The smallest absolute Gasteiger partial charge is 0.235 e. The molecule has 1 amide bonds. The van der Waals surface area contributed by atoms with E-state index in [0.29, 0.717) is 22.7 Å². The molecule has 5 rings (SSSR count). The molecule has 164 valence electrons. The van der Waals surface area contributed by atoms with E-state index in [-0.39, 0.29) is 26.8 Å². The molecule has 0 unspecified atom stereocenters. The minimum atomic E-state index is -0.568. The number of aromatic amines is 1. The number of nitrogens with one attached hydrogen (secondary N) is 2. The second kappa shape index (κ2) is 6.61.